The molecule has 17 heavy (non-hydrogen) atoms. The standard InChI is InChI=1S/C16H22O/c1-4-12-16(17-3,13-5-2)14-11-15-9-7-6-8-10-15/h4-10H,1-2,11-14H2,3H3. The van der Waals surface area contributed by atoms with Crippen LogP contribution in [0, 0.1) is 0 Å². The van der Waals surface area contributed by atoms with Crippen molar-refractivity contribution in [2.45, 2.75) is 31.3 Å². The van der Waals surface area contributed by atoms with Crippen molar-refractivity contribution in [2.75, 3.05) is 7.11 Å². The van der Waals surface area contributed by atoms with E-state index >= 15 is 0 Å². The smallest absolute Gasteiger partial charge is 0.0750 e. The highest BCUT2D eigenvalue weighted by Crippen LogP contribution is 2.27. The van der Waals surface area contributed by atoms with Crippen molar-refractivity contribution in [1.82, 2.24) is 0 Å². The minimum Gasteiger partial charge on any atom is -0.378 e. The lowest BCUT2D eigenvalue weighted by atomic mass is 9.88. The molecule has 1 nitrogen and oxygen atoms in total. The topological polar surface area (TPSA) is 9.23 Å². The molecule has 0 aromatic heterocycles. The zero-order chi connectivity index (χ0) is 12.6. The van der Waals surface area contributed by atoms with E-state index in [1.807, 2.05) is 18.2 Å². The molecule has 0 saturated carbocycles. The monoisotopic (exact) mass is 230 g/mol. The van der Waals surface area contributed by atoms with Crippen molar-refractivity contribution in [3.05, 3.63) is 61.2 Å². The molecule has 1 heteroatoms. The molecule has 0 N–H and O–H groups in total. The Labute approximate surface area is 105 Å². The second kappa shape index (κ2) is 7.08. The molecule has 0 aliphatic heterocycles. The highest BCUT2D eigenvalue weighted by Gasteiger charge is 2.26. The number of hydrogen-bond donors (Lipinski definition) is 0. The molecular formula is C16H22O. The zero-order valence-electron chi connectivity index (χ0n) is 10.7. The summed E-state index contributed by atoms with van der Waals surface area (Å²) in [6.45, 7) is 7.63. The first kappa shape index (κ1) is 13.7. The normalized spacial score (nSPS) is 11.1. The van der Waals surface area contributed by atoms with Crippen molar-refractivity contribution in [2.24, 2.45) is 0 Å². The summed E-state index contributed by atoms with van der Waals surface area (Å²) in [5.41, 5.74) is 1.21. The van der Waals surface area contributed by atoms with Gasteiger partial charge in [-0.25, -0.2) is 0 Å². The van der Waals surface area contributed by atoms with Crippen LogP contribution in [-0.2, 0) is 11.2 Å². The predicted molar refractivity (Wildman–Crippen MR) is 74.1 cm³/mol. The van der Waals surface area contributed by atoms with Gasteiger partial charge in [0.2, 0.25) is 0 Å². The van der Waals surface area contributed by atoms with E-state index in [1.165, 1.54) is 5.56 Å². The minimum absolute atomic E-state index is 0.140. The summed E-state index contributed by atoms with van der Waals surface area (Å²) in [4.78, 5) is 0. The predicted octanol–water partition coefficient (Wildman–Crippen LogP) is 4.16. The second-order valence-electron chi connectivity index (χ2n) is 4.36. The van der Waals surface area contributed by atoms with E-state index < -0.39 is 0 Å². The lowest BCUT2D eigenvalue weighted by Gasteiger charge is -2.30. The van der Waals surface area contributed by atoms with E-state index in [9.17, 15) is 0 Å². The maximum absolute atomic E-state index is 5.70. The first-order valence-corrected chi connectivity index (χ1v) is 6.07. The molecule has 0 heterocycles. The fraction of sp³-hybridized carbons (Fsp3) is 0.375. The Morgan fingerprint density at radius 3 is 2.18 bits per heavy atom. The summed E-state index contributed by atoms with van der Waals surface area (Å²) in [6, 6.07) is 10.5. The molecule has 0 unspecified atom stereocenters. The lowest BCUT2D eigenvalue weighted by molar-refractivity contribution is -0.0121. The van der Waals surface area contributed by atoms with Crippen LogP contribution in [0.2, 0.25) is 0 Å². The van der Waals surface area contributed by atoms with Crippen LogP contribution in [0.4, 0.5) is 0 Å². The van der Waals surface area contributed by atoms with Crippen LogP contribution < -0.4 is 0 Å². The van der Waals surface area contributed by atoms with Crippen LogP contribution in [0.1, 0.15) is 24.8 Å². The molecule has 0 spiro atoms. The highest BCUT2D eigenvalue weighted by atomic mass is 16.5. The summed E-state index contributed by atoms with van der Waals surface area (Å²) in [5, 5.41) is 0. The molecule has 0 bridgehead atoms. The number of aryl methyl sites for hydroxylation is 1. The van der Waals surface area contributed by atoms with Gasteiger partial charge in [-0.05, 0) is 31.2 Å². The Morgan fingerprint density at radius 1 is 1.12 bits per heavy atom. The van der Waals surface area contributed by atoms with Crippen molar-refractivity contribution >= 4 is 0 Å². The molecule has 0 amide bonds. The van der Waals surface area contributed by atoms with E-state index in [1.54, 1.807) is 7.11 Å². The van der Waals surface area contributed by atoms with Gasteiger partial charge in [0.15, 0.2) is 0 Å². The van der Waals surface area contributed by atoms with E-state index in [4.69, 9.17) is 4.74 Å². The molecular weight excluding hydrogens is 208 g/mol. The maximum atomic E-state index is 5.70. The van der Waals surface area contributed by atoms with Gasteiger partial charge >= 0.3 is 0 Å². The van der Waals surface area contributed by atoms with Crippen molar-refractivity contribution in [1.29, 1.82) is 0 Å². The molecule has 92 valence electrons. The zero-order valence-corrected chi connectivity index (χ0v) is 10.7. The molecule has 1 aromatic rings. The van der Waals surface area contributed by atoms with E-state index in [2.05, 4.69) is 37.4 Å². The Bertz CT molecular complexity index is 330. The Kier molecular flexibility index (Phi) is 5.71. The molecule has 0 atom stereocenters. The van der Waals surface area contributed by atoms with Crippen molar-refractivity contribution < 1.29 is 4.74 Å². The van der Waals surface area contributed by atoms with Crippen LogP contribution >= 0.6 is 0 Å². The molecule has 0 aliphatic carbocycles. The van der Waals surface area contributed by atoms with Gasteiger partial charge in [0.1, 0.15) is 0 Å². The Balaban J connectivity index is 2.65. The summed E-state index contributed by atoms with van der Waals surface area (Å²) in [6.07, 6.45) is 7.60. The molecule has 1 aromatic carbocycles. The van der Waals surface area contributed by atoms with Crippen LogP contribution in [-0.4, -0.2) is 12.7 Å². The first-order chi connectivity index (χ1) is 8.26. The van der Waals surface area contributed by atoms with Gasteiger partial charge in [-0.2, -0.15) is 0 Å². The molecule has 0 radical (unpaired) electrons. The Hall–Kier alpha value is -1.34. The van der Waals surface area contributed by atoms with Crippen LogP contribution in [0.3, 0.4) is 0 Å². The minimum atomic E-state index is -0.140. The van der Waals surface area contributed by atoms with Gasteiger partial charge in [0, 0.05) is 7.11 Å². The highest BCUT2D eigenvalue weighted by molar-refractivity contribution is 5.15. The van der Waals surface area contributed by atoms with E-state index in [0.717, 1.165) is 25.7 Å². The van der Waals surface area contributed by atoms with Gasteiger partial charge < -0.3 is 4.74 Å². The van der Waals surface area contributed by atoms with Crippen molar-refractivity contribution in [3.63, 3.8) is 0 Å². The lowest BCUT2D eigenvalue weighted by Crippen LogP contribution is -2.30. The third-order valence-corrected chi connectivity index (χ3v) is 3.18. The first-order valence-electron chi connectivity index (χ1n) is 6.07. The Morgan fingerprint density at radius 2 is 1.71 bits per heavy atom. The van der Waals surface area contributed by atoms with Gasteiger partial charge in [-0.1, -0.05) is 42.5 Å². The van der Waals surface area contributed by atoms with Crippen molar-refractivity contribution in [3.8, 4) is 0 Å². The molecule has 1 rings (SSSR count). The van der Waals surface area contributed by atoms with Gasteiger partial charge in [0.05, 0.1) is 5.60 Å². The largest absolute Gasteiger partial charge is 0.378 e. The van der Waals surface area contributed by atoms with Gasteiger partial charge in [-0.15, -0.1) is 13.2 Å². The summed E-state index contributed by atoms with van der Waals surface area (Å²) in [7, 11) is 1.78. The summed E-state index contributed by atoms with van der Waals surface area (Å²) < 4.78 is 5.70. The summed E-state index contributed by atoms with van der Waals surface area (Å²) >= 11 is 0. The average Bonchev–Trinajstić information content (AvgIpc) is 2.38. The van der Waals surface area contributed by atoms with Crippen LogP contribution in [0.5, 0.6) is 0 Å². The summed E-state index contributed by atoms with van der Waals surface area (Å²) in [5.74, 6) is 0. The number of benzene rings is 1. The molecule has 0 aliphatic rings. The average molecular weight is 230 g/mol. The number of rotatable bonds is 8. The van der Waals surface area contributed by atoms with Gasteiger partial charge in [-0.3, -0.25) is 0 Å². The van der Waals surface area contributed by atoms with Crippen LogP contribution in [0.15, 0.2) is 55.6 Å². The maximum Gasteiger partial charge on any atom is 0.0750 e. The number of methoxy groups -OCH3 is 1. The molecule has 0 fully saturated rings. The molecule has 0 saturated heterocycles. The fourth-order valence-electron chi connectivity index (χ4n) is 2.10. The van der Waals surface area contributed by atoms with E-state index in [-0.39, 0.29) is 5.60 Å². The second-order valence-corrected chi connectivity index (χ2v) is 4.36. The van der Waals surface area contributed by atoms with E-state index in [0.29, 0.717) is 0 Å². The van der Waals surface area contributed by atoms with Crippen LogP contribution in [0.25, 0.3) is 0 Å². The number of ether oxygens (including phenoxy) is 1. The third-order valence-electron chi connectivity index (χ3n) is 3.18. The quantitative estimate of drug-likeness (QED) is 0.609. The van der Waals surface area contributed by atoms with Gasteiger partial charge in [0.25, 0.3) is 0 Å². The SMILES string of the molecule is C=CCC(CC=C)(CCc1ccccc1)OC. The fourth-order valence-corrected chi connectivity index (χ4v) is 2.10. The third kappa shape index (κ3) is 4.20. The number of hydrogen-bond acceptors (Lipinski definition) is 1.